The number of β-lactam (4-membered cyclic amide) rings is 2. The van der Waals surface area contributed by atoms with E-state index in [2.05, 4.69) is 41.7 Å². The first kappa shape index (κ1) is 58.9. The number of aliphatic hydroxyl groups excluding tert-OH is 2. The molecule has 4 aliphatic rings. The Morgan fingerprint density at radius 2 is 1.11 bits per heavy atom. The summed E-state index contributed by atoms with van der Waals surface area (Å²) < 4.78 is 65.8. The summed E-state index contributed by atoms with van der Waals surface area (Å²) in [5, 5.41) is 66.5. The van der Waals surface area contributed by atoms with Gasteiger partial charge in [0.15, 0.2) is 18.1 Å². The monoisotopic (exact) mass is 1130 g/mol. The predicted molar refractivity (Wildman–Crippen MR) is 238 cm³/mol. The van der Waals surface area contributed by atoms with Gasteiger partial charge < -0.3 is 40.4 Å². The maximum Gasteiger partial charge on any atom is 1.00 e. The number of nitrogens with one attached hydrogen (secondary N) is 2. The molecule has 2 aromatic carbocycles. The number of hydrogen-bond donors (Lipinski definition) is 6. The van der Waals surface area contributed by atoms with Gasteiger partial charge in [-0.25, -0.2) is 22.6 Å². The van der Waals surface area contributed by atoms with E-state index in [1.807, 2.05) is 0 Å². The van der Waals surface area contributed by atoms with E-state index >= 15 is 0 Å². The van der Waals surface area contributed by atoms with Crippen LogP contribution >= 0.6 is 47.0 Å². The molecule has 6 atom stereocenters. The van der Waals surface area contributed by atoms with E-state index in [-0.39, 0.29) is 104 Å². The van der Waals surface area contributed by atoms with E-state index < -0.39 is 103 Å². The normalized spacial score (nSPS) is 20.2. The fraction of sp³-hybridized carbons (Fsp3) is 0.333. The Kier molecular flexibility index (Phi) is 20.5. The van der Waals surface area contributed by atoms with Crippen LogP contribution in [0.2, 0.25) is 0 Å². The Balaban J connectivity index is 0.000000260. The summed E-state index contributed by atoms with van der Waals surface area (Å²) in [5.74, 6) is -7.34. The number of carboxylic acid groups (broad SMARTS) is 2. The number of nitrogens with zero attached hydrogens (tertiary/aromatic N) is 10. The van der Waals surface area contributed by atoms with E-state index in [0.29, 0.717) is 22.3 Å². The minimum absolute atomic E-state index is 0. The zero-order valence-corrected chi connectivity index (χ0v) is 46.0. The number of aromatic nitrogens is 8. The van der Waals surface area contributed by atoms with Crippen molar-refractivity contribution in [1.82, 2.24) is 60.8 Å². The van der Waals surface area contributed by atoms with E-state index in [9.17, 15) is 70.6 Å². The van der Waals surface area contributed by atoms with Gasteiger partial charge in [-0.1, -0.05) is 84.2 Å². The summed E-state index contributed by atoms with van der Waals surface area (Å²) in [5.41, 5.74) is 0.745. The minimum Gasteiger partial charge on any atom is -0.747 e. The molecule has 2 saturated heterocycles. The molecule has 6 heterocycles. The number of carbonyl (C=O) groups is 6. The summed E-state index contributed by atoms with van der Waals surface area (Å²) in [6.45, 7) is 0. The van der Waals surface area contributed by atoms with Gasteiger partial charge in [0.25, 0.3) is 33.7 Å². The van der Waals surface area contributed by atoms with Gasteiger partial charge in [-0.15, -0.1) is 33.7 Å². The van der Waals surface area contributed by atoms with Crippen LogP contribution in [-0.4, -0.2) is 173 Å². The molecule has 0 bridgehead atoms. The summed E-state index contributed by atoms with van der Waals surface area (Å²) >= 11 is 4.26. The molecule has 6 N–H and O–H groups in total. The van der Waals surface area contributed by atoms with Crippen LogP contribution in [0.3, 0.4) is 0 Å². The van der Waals surface area contributed by atoms with Gasteiger partial charge in [0, 0.05) is 23.0 Å². The molecule has 2 fully saturated rings. The molecule has 0 unspecified atom stereocenters. The van der Waals surface area contributed by atoms with Crippen LogP contribution in [0.15, 0.2) is 93.5 Å². The van der Waals surface area contributed by atoms with Crippen molar-refractivity contribution in [3.05, 3.63) is 94.3 Å². The molecule has 36 heteroatoms. The third-order valence-corrected chi connectivity index (χ3v) is 16.0. The average molecular weight is 1130 g/mol. The predicted octanol–water partition coefficient (Wildman–Crippen LogP) is -9.50. The summed E-state index contributed by atoms with van der Waals surface area (Å²) in [6.07, 6.45) is -2.99. The van der Waals surface area contributed by atoms with Gasteiger partial charge in [0.05, 0.1) is 11.7 Å². The number of hydrogen-bond acceptors (Lipinski definition) is 24. The van der Waals surface area contributed by atoms with Gasteiger partial charge in [0.2, 0.25) is 10.3 Å². The molecule has 4 aliphatic heterocycles. The molecule has 0 radical (unpaired) electrons. The number of benzene rings is 2. The second kappa shape index (κ2) is 25.0. The fourth-order valence-electron chi connectivity index (χ4n) is 6.98. The number of tetrazole rings is 2. The number of aliphatic carboxylic acids is 2. The Morgan fingerprint density at radius 3 is 1.50 bits per heavy atom. The zero-order chi connectivity index (χ0) is 50.7. The molecule has 372 valence electrons. The van der Waals surface area contributed by atoms with Gasteiger partial charge in [0.1, 0.15) is 44.5 Å². The van der Waals surface area contributed by atoms with E-state index in [1.165, 1.54) is 23.5 Å². The molecule has 2 aromatic heterocycles. The SMILES string of the molecule is O=C(O)C1=C(CSc2nnnn2CS(=O)(=O)O)CS[C@@H]2[C@H](NC(=O)[C@H](O)c3ccccc3)C(=O)N12.O=C([O-])C1=C(CSc2nnnn2CS(=O)(=O)[O-])CS[C@@H]2[C@H](NC(=O)[C@H](O)c3ccccc3)C(=O)N12.[Na+].[Na+]. The van der Waals surface area contributed by atoms with Gasteiger partial charge in [-0.05, 0) is 43.1 Å². The molecule has 0 aliphatic carbocycles. The number of carboxylic acids is 2. The van der Waals surface area contributed by atoms with Gasteiger partial charge >= 0.3 is 65.1 Å². The van der Waals surface area contributed by atoms with Crippen molar-refractivity contribution in [2.24, 2.45) is 0 Å². The Morgan fingerprint density at radius 1 is 0.708 bits per heavy atom. The average Bonchev–Trinajstić information content (AvgIpc) is 3.96. The van der Waals surface area contributed by atoms with Gasteiger partial charge in [-0.2, -0.15) is 8.42 Å². The van der Waals surface area contributed by atoms with Crippen LogP contribution < -0.4 is 74.9 Å². The summed E-state index contributed by atoms with van der Waals surface area (Å²) in [6, 6.07) is 14.2. The molecule has 72 heavy (non-hydrogen) atoms. The van der Waals surface area contributed by atoms with Crippen molar-refractivity contribution in [3.8, 4) is 0 Å². The van der Waals surface area contributed by atoms with Crippen molar-refractivity contribution in [2.45, 2.75) is 57.1 Å². The van der Waals surface area contributed by atoms with Crippen molar-refractivity contribution in [3.63, 3.8) is 0 Å². The molecule has 4 aromatic rings. The molecule has 0 saturated carbocycles. The molecule has 28 nitrogen and oxygen atoms in total. The molecule has 8 rings (SSSR count). The topological polar surface area (TPSA) is 415 Å². The van der Waals surface area contributed by atoms with Crippen LogP contribution in [0.4, 0.5) is 0 Å². The maximum absolute atomic E-state index is 12.8. The number of fused-ring (bicyclic) bond motifs is 2. The number of amides is 4. The van der Waals surface area contributed by atoms with Crippen molar-refractivity contribution in [1.29, 1.82) is 0 Å². The van der Waals surface area contributed by atoms with E-state index in [1.54, 1.807) is 60.7 Å². The standard InChI is InChI=1S/2C18H18N6O8S3.2Na/c2*25-13(9-4-2-1-3-5-9)14(26)19-11-15(27)24-12(17(28)29)10(6-33-16(11)24)7-34-18-20-21-22-23(18)8-35(30,31)32;;/h2*1-5,11,13,16,25H,6-8H2,(H,19,26)(H,28,29)(H,30,31,32);;/q;;2*+1/p-2/t2*11-,13-,16-;;/m11../s1. The van der Waals surface area contributed by atoms with Gasteiger partial charge in [-0.3, -0.25) is 33.5 Å². The Labute approximate surface area is 468 Å². The summed E-state index contributed by atoms with van der Waals surface area (Å²) in [4.78, 5) is 76.3. The van der Waals surface area contributed by atoms with E-state index in [0.717, 1.165) is 42.7 Å². The number of rotatable bonds is 18. The minimum atomic E-state index is -4.66. The van der Waals surface area contributed by atoms with Crippen LogP contribution in [-0.2, 0) is 60.8 Å². The van der Waals surface area contributed by atoms with E-state index in [4.69, 9.17) is 4.55 Å². The second-order valence-electron chi connectivity index (χ2n) is 14.8. The first-order valence-corrected chi connectivity index (χ1v) is 26.9. The third kappa shape index (κ3) is 13.8. The first-order valence-electron chi connectivity index (χ1n) is 19.6. The van der Waals surface area contributed by atoms with Crippen LogP contribution in [0, 0.1) is 0 Å². The van der Waals surface area contributed by atoms with Crippen molar-refractivity contribution < 1.29 is 134 Å². The first-order chi connectivity index (χ1) is 33.1. The molecular weight excluding hydrogens is 1090 g/mol. The molecular formula is C36H34N12Na2O16S6. The quantitative estimate of drug-likeness (QED) is 0.0233. The summed E-state index contributed by atoms with van der Waals surface area (Å²) in [7, 11) is -9.06. The molecule has 0 spiro atoms. The smallest absolute Gasteiger partial charge is 0.747 e. The third-order valence-electron chi connectivity index (χ3n) is 10.1. The number of carbonyl (C=O) groups excluding carboxylic acids is 5. The maximum atomic E-state index is 12.8. The van der Waals surface area contributed by atoms with Crippen LogP contribution in [0.1, 0.15) is 23.3 Å². The number of aliphatic hydroxyl groups is 2. The Hall–Kier alpha value is -3.98. The molecule has 4 amide bonds. The van der Waals surface area contributed by atoms with Crippen LogP contribution in [0.25, 0.3) is 0 Å². The Bertz CT molecular complexity index is 2810. The van der Waals surface area contributed by atoms with Crippen LogP contribution in [0.5, 0.6) is 0 Å². The number of thioether (sulfide) groups is 4. The fourth-order valence-corrected chi connectivity index (χ4v) is 12.8. The zero-order valence-electron chi connectivity index (χ0n) is 37.1. The van der Waals surface area contributed by atoms with Crippen molar-refractivity contribution >= 4 is 103 Å². The second-order valence-corrected chi connectivity index (χ2v) is 21.7. The largest absolute Gasteiger partial charge is 1.00 e. The van der Waals surface area contributed by atoms with Crippen molar-refractivity contribution in [2.75, 3.05) is 23.0 Å².